The normalized spacial score (nSPS) is 12.0. The van der Waals surface area contributed by atoms with Crippen LogP contribution in [0.4, 0.5) is 0 Å². The first-order valence-electron chi connectivity index (χ1n) is 8.68. The molecule has 0 spiro atoms. The molecule has 0 saturated heterocycles. The van der Waals surface area contributed by atoms with Gasteiger partial charge in [0.2, 0.25) is 0 Å². The smallest absolute Gasteiger partial charge is 0.123 e. The second-order valence-electron chi connectivity index (χ2n) is 6.71. The topological polar surface area (TPSA) is 47.3 Å². The summed E-state index contributed by atoms with van der Waals surface area (Å²) in [5, 5.41) is 19.6. The zero-order valence-electron chi connectivity index (χ0n) is 15.4. The summed E-state index contributed by atoms with van der Waals surface area (Å²) in [5.74, 6) is 0.190. The maximum atomic E-state index is 10.4. The molecule has 0 heterocycles. The van der Waals surface area contributed by atoms with E-state index < -0.39 is 0 Å². The van der Waals surface area contributed by atoms with Gasteiger partial charge >= 0.3 is 0 Å². The molecule has 0 atom stereocenters. The van der Waals surface area contributed by atoms with Crippen LogP contribution in [0.15, 0.2) is 54.6 Å². The van der Waals surface area contributed by atoms with Gasteiger partial charge in [0.25, 0.3) is 0 Å². The highest BCUT2D eigenvalue weighted by Gasteiger charge is 2.15. The van der Waals surface area contributed by atoms with Gasteiger partial charge in [-0.3, -0.25) is 4.90 Å². The van der Waals surface area contributed by atoms with Gasteiger partial charge in [0.05, 0.1) is 11.6 Å². The highest BCUT2D eigenvalue weighted by molar-refractivity contribution is 5.83. The second-order valence-corrected chi connectivity index (χ2v) is 6.71. The van der Waals surface area contributed by atoms with Crippen molar-refractivity contribution in [2.45, 2.75) is 39.8 Å². The van der Waals surface area contributed by atoms with E-state index >= 15 is 0 Å². The summed E-state index contributed by atoms with van der Waals surface area (Å²) in [5.41, 5.74) is 3.21. The molecule has 0 fully saturated rings. The van der Waals surface area contributed by atoms with Gasteiger partial charge in [-0.25, -0.2) is 0 Å². The fourth-order valence-corrected chi connectivity index (χ4v) is 3.04. The first kappa shape index (κ1) is 18.8. The lowest BCUT2D eigenvalue weighted by atomic mass is 9.95. The molecule has 2 aromatic carbocycles. The van der Waals surface area contributed by atoms with E-state index in [4.69, 9.17) is 0 Å². The van der Waals surface area contributed by atoms with E-state index in [9.17, 15) is 10.4 Å². The minimum absolute atomic E-state index is 0.190. The summed E-state index contributed by atoms with van der Waals surface area (Å²) < 4.78 is 0. The Hall–Kier alpha value is -2.57. The second kappa shape index (κ2) is 8.50. The number of aromatic hydroxyl groups is 1. The molecule has 0 aromatic heterocycles. The standard InChI is InChI=1S/C22H26N2O/c1-16(2)24(17(3)4)13-12-20(19-8-6-5-7-9-19)21-14-18(15-23)10-11-22(21)25/h5-12,14,16-17,25H,13H2,1-4H3/b20-12+. The maximum Gasteiger partial charge on any atom is 0.123 e. The third kappa shape index (κ3) is 4.71. The molecule has 3 heteroatoms. The third-order valence-electron chi connectivity index (χ3n) is 4.33. The fourth-order valence-electron chi connectivity index (χ4n) is 3.04. The minimum Gasteiger partial charge on any atom is -0.507 e. The lowest BCUT2D eigenvalue weighted by Crippen LogP contribution is -2.37. The van der Waals surface area contributed by atoms with Crippen molar-refractivity contribution in [3.8, 4) is 11.8 Å². The van der Waals surface area contributed by atoms with Crippen molar-refractivity contribution < 1.29 is 5.11 Å². The largest absolute Gasteiger partial charge is 0.507 e. The van der Waals surface area contributed by atoms with E-state index in [0.29, 0.717) is 23.2 Å². The molecule has 0 radical (unpaired) electrons. The first-order chi connectivity index (χ1) is 11.9. The van der Waals surface area contributed by atoms with Crippen LogP contribution in [0.1, 0.15) is 44.4 Å². The van der Waals surface area contributed by atoms with Gasteiger partial charge in [0.1, 0.15) is 5.75 Å². The van der Waals surface area contributed by atoms with E-state index in [1.54, 1.807) is 18.2 Å². The summed E-state index contributed by atoms with van der Waals surface area (Å²) in [4.78, 5) is 2.38. The van der Waals surface area contributed by atoms with Crippen molar-refractivity contribution in [1.82, 2.24) is 4.90 Å². The Morgan fingerprint density at radius 3 is 2.28 bits per heavy atom. The van der Waals surface area contributed by atoms with Crippen LogP contribution in [0.3, 0.4) is 0 Å². The Morgan fingerprint density at radius 2 is 1.72 bits per heavy atom. The van der Waals surface area contributed by atoms with Crippen LogP contribution in [-0.4, -0.2) is 28.6 Å². The van der Waals surface area contributed by atoms with Crippen molar-refractivity contribution in [3.63, 3.8) is 0 Å². The highest BCUT2D eigenvalue weighted by Crippen LogP contribution is 2.31. The van der Waals surface area contributed by atoms with Crippen molar-refractivity contribution in [2.24, 2.45) is 0 Å². The molecular weight excluding hydrogens is 308 g/mol. The lowest BCUT2D eigenvalue weighted by Gasteiger charge is -2.29. The fraction of sp³-hybridized carbons (Fsp3) is 0.318. The molecule has 1 N–H and O–H groups in total. The zero-order chi connectivity index (χ0) is 18.4. The van der Waals surface area contributed by atoms with Crippen LogP contribution in [0.25, 0.3) is 5.57 Å². The monoisotopic (exact) mass is 334 g/mol. The van der Waals surface area contributed by atoms with E-state index in [1.807, 2.05) is 30.3 Å². The summed E-state index contributed by atoms with van der Waals surface area (Å²) in [6, 6.07) is 18.0. The number of benzene rings is 2. The number of phenolic OH excluding ortho intramolecular Hbond substituents is 1. The van der Waals surface area contributed by atoms with Crippen LogP contribution in [-0.2, 0) is 0 Å². The van der Waals surface area contributed by atoms with Gasteiger partial charge in [-0.05, 0) is 57.0 Å². The Kier molecular flexibility index (Phi) is 6.38. The SMILES string of the molecule is CC(C)N(C/C=C(\c1ccccc1)c1cc(C#N)ccc1O)C(C)C. The predicted octanol–water partition coefficient (Wildman–Crippen LogP) is 4.81. The van der Waals surface area contributed by atoms with Crippen LogP contribution in [0, 0.1) is 11.3 Å². The Morgan fingerprint density at radius 1 is 1.08 bits per heavy atom. The van der Waals surface area contributed by atoms with Gasteiger partial charge in [-0.15, -0.1) is 0 Å². The van der Waals surface area contributed by atoms with Crippen LogP contribution in [0.5, 0.6) is 5.75 Å². The van der Waals surface area contributed by atoms with E-state index in [-0.39, 0.29) is 5.75 Å². The van der Waals surface area contributed by atoms with Crippen molar-refractivity contribution in [2.75, 3.05) is 6.54 Å². The number of hydrogen-bond donors (Lipinski definition) is 1. The van der Waals surface area contributed by atoms with Crippen LogP contribution < -0.4 is 0 Å². The van der Waals surface area contributed by atoms with E-state index in [0.717, 1.165) is 17.7 Å². The van der Waals surface area contributed by atoms with Crippen LogP contribution >= 0.6 is 0 Å². The molecule has 0 saturated carbocycles. The number of hydrogen-bond acceptors (Lipinski definition) is 3. The van der Waals surface area contributed by atoms with E-state index in [2.05, 4.69) is 44.7 Å². The summed E-state index contributed by atoms with van der Waals surface area (Å²) in [6.45, 7) is 9.51. The highest BCUT2D eigenvalue weighted by atomic mass is 16.3. The predicted molar refractivity (Wildman–Crippen MR) is 103 cm³/mol. The molecule has 3 nitrogen and oxygen atoms in total. The number of phenols is 1. The molecule has 130 valence electrons. The summed E-state index contributed by atoms with van der Waals surface area (Å²) in [7, 11) is 0. The molecular formula is C22H26N2O. The number of nitrogens with zero attached hydrogens (tertiary/aromatic N) is 2. The Labute approximate surface area is 150 Å². The van der Waals surface area contributed by atoms with Gasteiger partial charge < -0.3 is 5.11 Å². The average Bonchev–Trinajstić information content (AvgIpc) is 2.59. The van der Waals surface area contributed by atoms with Crippen molar-refractivity contribution >= 4 is 5.57 Å². The first-order valence-corrected chi connectivity index (χ1v) is 8.68. The van der Waals surface area contributed by atoms with E-state index in [1.165, 1.54) is 0 Å². The van der Waals surface area contributed by atoms with Gasteiger partial charge in [-0.1, -0.05) is 36.4 Å². The lowest BCUT2D eigenvalue weighted by molar-refractivity contribution is 0.196. The average molecular weight is 334 g/mol. The quantitative estimate of drug-likeness (QED) is 0.824. The van der Waals surface area contributed by atoms with Crippen LogP contribution in [0.2, 0.25) is 0 Å². The third-order valence-corrected chi connectivity index (χ3v) is 4.33. The molecule has 0 bridgehead atoms. The zero-order valence-corrected chi connectivity index (χ0v) is 15.4. The van der Waals surface area contributed by atoms with Gasteiger partial charge in [0.15, 0.2) is 0 Å². The van der Waals surface area contributed by atoms with Crippen molar-refractivity contribution in [1.29, 1.82) is 5.26 Å². The summed E-state index contributed by atoms with van der Waals surface area (Å²) in [6.07, 6.45) is 2.14. The molecule has 0 unspecified atom stereocenters. The molecule has 0 aliphatic carbocycles. The molecule has 2 rings (SSSR count). The molecule has 0 amide bonds. The molecule has 2 aromatic rings. The Balaban J connectivity index is 2.52. The molecule has 0 aliphatic rings. The van der Waals surface area contributed by atoms with Crippen molar-refractivity contribution in [3.05, 3.63) is 71.3 Å². The van der Waals surface area contributed by atoms with Gasteiger partial charge in [-0.2, -0.15) is 5.26 Å². The number of rotatable bonds is 6. The number of nitriles is 1. The van der Waals surface area contributed by atoms with Gasteiger partial charge in [0, 0.05) is 24.2 Å². The Bertz CT molecular complexity index is 762. The summed E-state index contributed by atoms with van der Waals surface area (Å²) >= 11 is 0. The molecule has 0 aliphatic heterocycles. The maximum absolute atomic E-state index is 10.4. The minimum atomic E-state index is 0.190. The molecule has 25 heavy (non-hydrogen) atoms.